The van der Waals surface area contributed by atoms with Gasteiger partial charge in [-0.05, 0) is 44.6 Å². The lowest BCUT2D eigenvalue weighted by atomic mass is 9.90. The molecule has 100 valence electrons. The normalized spacial score (nSPS) is 23.3. The maximum atomic E-state index is 5.80. The Morgan fingerprint density at radius 1 is 0.882 bits per heavy atom. The van der Waals surface area contributed by atoms with E-state index in [1.165, 1.54) is 64.2 Å². The summed E-state index contributed by atoms with van der Waals surface area (Å²) < 4.78 is 5.80. The van der Waals surface area contributed by atoms with Crippen LogP contribution in [0, 0.1) is 5.92 Å². The lowest BCUT2D eigenvalue weighted by Gasteiger charge is -2.21. The number of ether oxygens (including phenoxy) is 1. The van der Waals surface area contributed by atoms with Gasteiger partial charge < -0.3 is 10.1 Å². The summed E-state index contributed by atoms with van der Waals surface area (Å²) >= 11 is 0. The van der Waals surface area contributed by atoms with Crippen LogP contribution in [0.5, 0.6) is 0 Å². The van der Waals surface area contributed by atoms with Crippen molar-refractivity contribution >= 4 is 0 Å². The molecule has 0 radical (unpaired) electrons. The zero-order valence-corrected chi connectivity index (χ0v) is 11.3. The Morgan fingerprint density at radius 3 is 2.35 bits per heavy atom. The molecule has 0 amide bonds. The quantitative estimate of drug-likeness (QED) is 0.687. The van der Waals surface area contributed by atoms with Gasteiger partial charge in [0.15, 0.2) is 0 Å². The highest BCUT2D eigenvalue weighted by molar-refractivity contribution is 4.73. The molecule has 2 rings (SSSR count). The molecule has 0 saturated heterocycles. The van der Waals surface area contributed by atoms with Gasteiger partial charge in [-0.1, -0.05) is 32.1 Å². The van der Waals surface area contributed by atoms with Crippen molar-refractivity contribution < 1.29 is 4.74 Å². The molecule has 0 aromatic heterocycles. The third-order valence-corrected chi connectivity index (χ3v) is 4.33. The van der Waals surface area contributed by atoms with Crippen molar-refractivity contribution in [2.24, 2.45) is 5.92 Å². The van der Waals surface area contributed by atoms with E-state index in [0.717, 1.165) is 31.7 Å². The Morgan fingerprint density at radius 2 is 1.59 bits per heavy atom. The summed E-state index contributed by atoms with van der Waals surface area (Å²) in [7, 11) is 0. The molecule has 0 heterocycles. The minimum Gasteiger partial charge on any atom is -0.381 e. The highest BCUT2D eigenvalue weighted by Gasteiger charge is 2.14. The molecule has 0 spiro atoms. The first-order valence-electron chi connectivity index (χ1n) is 7.76. The van der Waals surface area contributed by atoms with E-state index in [-0.39, 0.29) is 0 Å². The van der Waals surface area contributed by atoms with E-state index in [1.54, 1.807) is 0 Å². The van der Waals surface area contributed by atoms with Gasteiger partial charge in [0.1, 0.15) is 0 Å². The van der Waals surface area contributed by atoms with Gasteiger partial charge in [-0.15, -0.1) is 0 Å². The molecule has 2 fully saturated rings. The predicted molar refractivity (Wildman–Crippen MR) is 72.3 cm³/mol. The second-order valence-electron chi connectivity index (χ2n) is 5.87. The first kappa shape index (κ1) is 13.4. The van der Waals surface area contributed by atoms with Crippen molar-refractivity contribution in [3.63, 3.8) is 0 Å². The van der Waals surface area contributed by atoms with Crippen LogP contribution < -0.4 is 5.32 Å². The summed E-state index contributed by atoms with van der Waals surface area (Å²) in [5.41, 5.74) is 0. The summed E-state index contributed by atoms with van der Waals surface area (Å²) in [6.07, 6.45) is 13.9. The third kappa shape index (κ3) is 5.39. The summed E-state index contributed by atoms with van der Waals surface area (Å²) in [5, 5.41) is 3.64. The monoisotopic (exact) mass is 239 g/mol. The summed E-state index contributed by atoms with van der Waals surface area (Å²) in [6.45, 7) is 3.12. The van der Waals surface area contributed by atoms with Crippen LogP contribution in [0.25, 0.3) is 0 Å². The van der Waals surface area contributed by atoms with Crippen LogP contribution in [0.1, 0.15) is 64.2 Å². The van der Waals surface area contributed by atoms with Crippen molar-refractivity contribution in [1.29, 1.82) is 0 Å². The molecule has 0 unspecified atom stereocenters. The molecule has 2 nitrogen and oxygen atoms in total. The second-order valence-corrected chi connectivity index (χ2v) is 5.87. The highest BCUT2D eigenvalue weighted by atomic mass is 16.5. The minimum atomic E-state index is 0.813. The molecule has 1 N–H and O–H groups in total. The van der Waals surface area contributed by atoms with Crippen LogP contribution in [0.3, 0.4) is 0 Å². The van der Waals surface area contributed by atoms with Gasteiger partial charge in [-0.25, -0.2) is 0 Å². The molecule has 0 aliphatic heterocycles. The van der Waals surface area contributed by atoms with Crippen LogP contribution >= 0.6 is 0 Å². The molecule has 0 atom stereocenters. The largest absolute Gasteiger partial charge is 0.381 e. The lowest BCUT2D eigenvalue weighted by molar-refractivity contribution is 0.0833. The predicted octanol–water partition coefficient (Wildman–Crippen LogP) is 3.51. The van der Waals surface area contributed by atoms with Gasteiger partial charge in [-0.2, -0.15) is 0 Å². The van der Waals surface area contributed by atoms with Crippen LogP contribution in [-0.2, 0) is 4.74 Å². The highest BCUT2D eigenvalue weighted by Crippen LogP contribution is 2.23. The maximum Gasteiger partial charge on any atom is 0.0494 e. The Kier molecular flexibility index (Phi) is 6.36. The zero-order chi connectivity index (χ0) is 11.8. The van der Waals surface area contributed by atoms with Gasteiger partial charge in [0.25, 0.3) is 0 Å². The van der Waals surface area contributed by atoms with Crippen molar-refractivity contribution in [2.45, 2.75) is 70.3 Å². The number of rotatable bonds is 7. The molecule has 0 aromatic rings. The van der Waals surface area contributed by atoms with E-state index in [0.29, 0.717) is 0 Å². The van der Waals surface area contributed by atoms with Crippen molar-refractivity contribution in [1.82, 2.24) is 5.32 Å². The molecular weight excluding hydrogens is 210 g/mol. The van der Waals surface area contributed by atoms with E-state index >= 15 is 0 Å². The Hall–Kier alpha value is -0.0800. The fourth-order valence-corrected chi connectivity index (χ4v) is 3.21. The van der Waals surface area contributed by atoms with Crippen LogP contribution in [0.2, 0.25) is 0 Å². The molecule has 2 heteroatoms. The smallest absolute Gasteiger partial charge is 0.0494 e. The average Bonchev–Trinajstić information content (AvgIpc) is 2.88. The van der Waals surface area contributed by atoms with E-state index in [1.807, 2.05) is 0 Å². The summed E-state index contributed by atoms with van der Waals surface area (Å²) in [5.74, 6) is 0.867. The summed E-state index contributed by atoms with van der Waals surface area (Å²) in [6, 6.07) is 0.813. The summed E-state index contributed by atoms with van der Waals surface area (Å²) in [4.78, 5) is 0. The van der Waals surface area contributed by atoms with Crippen LogP contribution in [0.15, 0.2) is 0 Å². The van der Waals surface area contributed by atoms with E-state index in [2.05, 4.69) is 5.32 Å². The molecule has 17 heavy (non-hydrogen) atoms. The van der Waals surface area contributed by atoms with Gasteiger partial charge in [0.2, 0.25) is 0 Å². The minimum absolute atomic E-state index is 0.813. The van der Waals surface area contributed by atoms with E-state index < -0.39 is 0 Å². The van der Waals surface area contributed by atoms with Crippen molar-refractivity contribution in [3.05, 3.63) is 0 Å². The Labute approximate surface area is 107 Å². The first-order chi connectivity index (χ1) is 8.45. The standard InChI is InChI=1S/C15H29NO/c1-2-7-14(8-3-1)13-17-12-6-11-16-15-9-4-5-10-15/h14-16H,1-13H2. The molecule has 2 aliphatic rings. The van der Waals surface area contributed by atoms with E-state index in [9.17, 15) is 0 Å². The number of hydrogen-bond donors (Lipinski definition) is 1. The Bertz CT molecular complexity index is 183. The number of hydrogen-bond acceptors (Lipinski definition) is 2. The third-order valence-electron chi connectivity index (χ3n) is 4.33. The maximum absolute atomic E-state index is 5.80. The molecule has 0 aromatic carbocycles. The van der Waals surface area contributed by atoms with Gasteiger partial charge in [-0.3, -0.25) is 0 Å². The van der Waals surface area contributed by atoms with Crippen LogP contribution in [0.4, 0.5) is 0 Å². The molecular formula is C15H29NO. The van der Waals surface area contributed by atoms with Crippen LogP contribution in [-0.4, -0.2) is 25.8 Å². The van der Waals surface area contributed by atoms with Crippen molar-refractivity contribution in [3.8, 4) is 0 Å². The fraction of sp³-hybridized carbons (Fsp3) is 1.00. The molecule has 2 aliphatic carbocycles. The average molecular weight is 239 g/mol. The SMILES string of the molecule is C1CCC(COCCCNC2CCCC2)CC1. The van der Waals surface area contributed by atoms with Gasteiger partial charge in [0.05, 0.1) is 0 Å². The number of nitrogens with one attached hydrogen (secondary N) is 1. The Balaban J connectivity index is 1.38. The zero-order valence-electron chi connectivity index (χ0n) is 11.3. The first-order valence-corrected chi connectivity index (χ1v) is 7.76. The van der Waals surface area contributed by atoms with E-state index in [4.69, 9.17) is 4.74 Å². The fourth-order valence-electron chi connectivity index (χ4n) is 3.21. The second kappa shape index (κ2) is 8.10. The molecule has 2 saturated carbocycles. The molecule has 0 bridgehead atoms. The van der Waals surface area contributed by atoms with Gasteiger partial charge in [0, 0.05) is 19.3 Å². The lowest BCUT2D eigenvalue weighted by Crippen LogP contribution is -2.27. The van der Waals surface area contributed by atoms with Crippen molar-refractivity contribution in [2.75, 3.05) is 19.8 Å². The topological polar surface area (TPSA) is 21.3 Å². The van der Waals surface area contributed by atoms with Gasteiger partial charge >= 0.3 is 0 Å².